The predicted octanol–water partition coefficient (Wildman–Crippen LogP) is 6.46. The number of benzene rings is 2. The first kappa shape index (κ1) is 28.6. The van der Waals surface area contributed by atoms with Crippen molar-refractivity contribution in [2.75, 3.05) is 27.2 Å². The molecule has 2 aromatic carbocycles. The number of aromatic nitrogens is 1. The lowest BCUT2D eigenvalue weighted by atomic mass is 9.63. The van der Waals surface area contributed by atoms with Crippen LogP contribution in [-0.2, 0) is 16.4 Å². The van der Waals surface area contributed by atoms with E-state index in [1.807, 2.05) is 25.1 Å². The van der Waals surface area contributed by atoms with Crippen molar-refractivity contribution in [2.45, 2.75) is 17.5 Å². The normalized spacial score (nSPS) is 19.3. The van der Waals surface area contributed by atoms with Gasteiger partial charge in [-0.05, 0) is 61.1 Å². The van der Waals surface area contributed by atoms with E-state index in [-0.39, 0.29) is 24.5 Å². The van der Waals surface area contributed by atoms with E-state index < -0.39 is 29.0 Å². The van der Waals surface area contributed by atoms with Crippen LogP contribution in [0, 0.1) is 0 Å². The fourth-order valence-corrected chi connectivity index (χ4v) is 4.77. The van der Waals surface area contributed by atoms with Gasteiger partial charge < -0.3 is 15.2 Å². The molecule has 0 fully saturated rings. The molecule has 37 heavy (non-hydrogen) atoms. The average molecular weight is 550 g/mol. The summed E-state index contributed by atoms with van der Waals surface area (Å²) in [5.41, 5.74) is -0.601. The molecule has 2 atom stereocenters. The summed E-state index contributed by atoms with van der Waals surface area (Å²) in [6, 6.07) is 15.9. The Morgan fingerprint density at radius 2 is 1.78 bits per heavy atom. The molecular weight excluding hydrogens is 522 g/mol. The van der Waals surface area contributed by atoms with Gasteiger partial charge in [-0.1, -0.05) is 60.2 Å². The highest BCUT2D eigenvalue weighted by molar-refractivity contribution is 6.30. The molecule has 0 saturated heterocycles. The molecule has 2 unspecified atom stereocenters. The van der Waals surface area contributed by atoms with Crippen molar-refractivity contribution in [3.8, 4) is 0 Å². The van der Waals surface area contributed by atoms with Crippen molar-refractivity contribution < 1.29 is 18.0 Å². The van der Waals surface area contributed by atoms with Gasteiger partial charge in [0.2, 0.25) is 5.91 Å². The summed E-state index contributed by atoms with van der Waals surface area (Å²) in [6.07, 6.45) is 2.36. The minimum Gasteiger partial charge on any atom is -0.364 e. The molecule has 1 heterocycles. The van der Waals surface area contributed by atoms with Crippen LogP contribution in [0.15, 0.2) is 85.1 Å². The molecule has 196 valence electrons. The quantitative estimate of drug-likeness (QED) is 0.355. The molecule has 4 nitrogen and oxygen atoms in total. The number of carbonyl (C=O) groups is 1. The van der Waals surface area contributed by atoms with Gasteiger partial charge in [0, 0.05) is 35.9 Å². The number of H-pyrrole nitrogens is 1. The Hall–Kier alpha value is -3.00. The Balaban J connectivity index is 0.00000380. The number of nitrogens with one attached hydrogen (secondary N) is 2. The second-order valence-corrected chi connectivity index (χ2v) is 9.48. The largest absolute Gasteiger partial charge is 0.416 e. The first-order chi connectivity index (χ1) is 17.1. The topological polar surface area (TPSA) is 48.1 Å². The van der Waals surface area contributed by atoms with Crippen LogP contribution >= 0.6 is 24.0 Å². The van der Waals surface area contributed by atoms with Crippen molar-refractivity contribution in [2.24, 2.45) is 0 Å². The minimum atomic E-state index is -4.65. The van der Waals surface area contributed by atoms with Crippen LogP contribution in [0.3, 0.4) is 0 Å². The molecule has 3 aromatic rings. The number of likely N-dealkylation sites (N-methyl/N-ethyl adjacent to an activating group) is 1. The summed E-state index contributed by atoms with van der Waals surface area (Å²) in [4.78, 5) is 19.1. The summed E-state index contributed by atoms with van der Waals surface area (Å²) in [5.74, 6) is -1.21. The maximum absolute atomic E-state index is 14.3. The number of carbonyl (C=O) groups excluding carboxylic acids is 1. The van der Waals surface area contributed by atoms with Gasteiger partial charge in [-0.15, -0.1) is 12.4 Å². The number of aromatic amines is 1. The average Bonchev–Trinajstić information content (AvgIpc) is 3.38. The van der Waals surface area contributed by atoms with Gasteiger partial charge in [0.1, 0.15) is 5.41 Å². The van der Waals surface area contributed by atoms with Crippen LogP contribution in [0.5, 0.6) is 0 Å². The molecule has 0 radical (unpaired) electrons. The maximum atomic E-state index is 14.3. The Labute approximate surface area is 225 Å². The highest BCUT2D eigenvalue weighted by Crippen LogP contribution is 2.49. The molecule has 1 aliphatic rings. The first-order valence-electron chi connectivity index (χ1n) is 11.5. The van der Waals surface area contributed by atoms with Gasteiger partial charge in [-0.25, -0.2) is 0 Å². The van der Waals surface area contributed by atoms with Crippen LogP contribution in [-0.4, -0.2) is 43.0 Å². The lowest BCUT2D eigenvalue weighted by Gasteiger charge is -2.40. The van der Waals surface area contributed by atoms with Crippen molar-refractivity contribution in [3.63, 3.8) is 0 Å². The Kier molecular flexibility index (Phi) is 8.95. The number of alkyl halides is 3. The van der Waals surface area contributed by atoms with Gasteiger partial charge in [0.25, 0.3) is 0 Å². The SMILES string of the molecule is CN(C)CCNC(=O)C1(c2ccccc2C(F)(F)F)C=C(c2ccc(Cl)cc2)C=CC1c1ccc[nH]1.Cl. The second-order valence-electron chi connectivity index (χ2n) is 9.04. The molecular formula is C28H28Cl2F3N3O. The maximum Gasteiger partial charge on any atom is 0.416 e. The van der Waals surface area contributed by atoms with E-state index in [9.17, 15) is 18.0 Å². The van der Waals surface area contributed by atoms with E-state index in [0.717, 1.165) is 11.6 Å². The summed E-state index contributed by atoms with van der Waals surface area (Å²) >= 11 is 6.06. The standard InChI is InChI=1S/C28H27ClF3N3O.ClH/c1-35(2)17-16-34-26(36)27(22-6-3-4-7-23(22)28(30,31)32)18-20(19-9-12-21(29)13-10-19)11-14-24(27)25-8-5-15-33-25;/h3-15,18,24,33H,16-17H2,1-2H3,(H,34,36);1H. The monoisotopic (exact) mass is 549 g/mol. The molecule has 0 spiro atoms. The van der Waals surface area contributed by atoms with Gasteiger partial charge in [0.05, 0.1) is 5.56 Å². The highest BCUT2D eigenvalue weighted by atomic mass is 35.5. The van der Waals surface area contributed by atoms with E-state index in [1.54, 1.807) is 60.8 Å². The number of hydrogen-bond acceptors (Lipinski definition) is 2. The number of hydrogen-bond donors (Lipinski definition) is 2. The summed E-state index contributed by atoms with van der Waals surface area (Å²) < 4.78 is 43.0. The van der Waals surface area contributed by atoms with Crippen LogP contribution in [0.2, 0.25) is 5.02 Å². The third-order valence-electron chi connectivity index (χ3n) is 6.38. The fraction of sp³-hybridized carbons (Fsp3) is 0.250. The predicted molar refractivity (Wildman–Crippen MR) is 144 cm³/mol. The molecule has 0 saturated carbocycles. The second kappa shape index (κ2) is 11.6. The van der Waals surface area contributed by atoms with E-state index in [0.29, 0.717) is 22.8 Å². The summed E-state index contributed by atoms with van der Waals surface area (Å²) in [6.45, 7) is 0.826. The molecule has 0 aliphatic heterocycles. The highest BCUT2D eigenvalue weighted by Gasteiger charge is 2.51. The number of nitrogens with zero attached hydrogens (tertiary/aromatic N) is 1. The zero-order chi connectivity index (χ0) is 25.9. The van der Waals surface area contributed by atoms with Gasteiger partial charge in [-0.2, -0.15) is 13.2 Å². The lowest BCUT2D eigenvalue weighted by molar-refractivity contribution is -0.139. The zero-order valence-electron chi connectivity index (χ0n) is 20.4. The molecule has 1 amide bonds. The third-order valence-corrected chi connectivity index (χ3v) is 6.63. The fourth-order valence-electron chi connectivity index (χ4n) is 4.65. The molecule has 1 aromatic heterocycles. The number of allylic oxidation sites excluding steroid dienone is 3. The number of rotatable bonds is 7. The Morgan fingerprint density at radius 1 is 1.08 bits per heavy atom. The molecule has 4 rings (SSSR count). The summed E-state index contributed by atoms with van der Waals surface area (Å²) in [5, 5.41) is 3.45. The van der Waals surface area contributed by atoms with Crippen LogP contribution in [0.1, 0.15) is 28.3 Å². The third kappa shape index (κ3) is 5.95. The number of halogens is 5. The smallest absolute Gasteiger partial charge is 0.364 e. The van der Waals surface area contributed by atoms with Crippen LogP contribution in [0.25, 0.3) is 5.57 Å². The van der Waals surface area contributed by atoms with Crippen molar-refractivity contribution in [1.29, 1.82) is 0 Å². The van der Waals surface area contributed by atoms with Crippen molar-refractivity contribution in [3.05, 3.63) is 112 Å². The first-order valence-corrected chi connectivity index (χ1v) is 11.9. The summed E-state index contributed by atoms with van der Waals surface area (Å²) in [7, 11) is 3.73. The van der Waals surface area contributed by atoms with Gasteiger partial charge in [0.15, 0.2) is 0 Å². The minimum absolute atomic E-state index is 0. The molecule has 1 aliphatic carbocycles. The Bertz CT molecular complexity index is 1270. The van der Waals surface area contributed by atoms with Crippen LogP contribution in [0.4, 0.5) is 13.2 Å². The zero-order valence-corrected chi connectivity index (χ0v) is 21.9. The van der Waals surface area contributed by atoms with E-state index in [1.165, 1.54) is 12.1 Å². The molecule has 0 bridgehead atoms. The number of amides is 1. The van der Waals surface area contributed by atoms with E-state index >= 15 is 0 Å². The van der Waals surface area contributed by atoms with E-state index in [2.05, 4.69) is 10.3 Å². The lowest BCUT2D eigenvalue weighted by Crippen LogP contribution is -2.50. The van der Waals surface area contributed by atoms with Crippen LogP contribution < -0.4 is 5.32 Å². The van der Waals surface area contributed by atoms with Crippen molar-refractivity contribution >= 4 is 35.5 Å². The van der Waals surface area contributed by atoms with E-state index in [4.69, 9.17) is 11.6 Å². The van der Waals surface area contributed by atoms with Gasteiger partial charge >= 0.3 is 6.18 Å². The molecule has 2 N–H and O–H groups in total. The van der Waals surface area contributed by atoms with Crippen molar-refractivity contribution in [1.82, 2.24) is 15.2 Å². The molecule has 9 heteroatoms. The van der Waals surface area contributed by atoms with Gasteiger partial charge in [-0.3, -0.25) is 4.79 Å². The Morgan fingerprint density at radius 3 is 2.41 bits per heavy atom.